The average molecular weight is 328 g/mol. The van der Waals surface area contributed by atoms with Crippen molar-refractivity contribution in [1.82, 2.24) is 14.5 Å². The van der Waals surface area contributed by atoms with Crippen LogP contribution in [-0.4, -0.2) is 49.1 Å². The fraction of sp³-hybridized carbons (Fsp3) is 0.308. The molecule has 2 heterocycles. The van der Waals surface area contributed by atoms with Gasteiger partial charge in [-0.1, -0.05) is 16.0 Å². The quantitative estimate of drug-likeness (QED) is 0.868. The van der Waals surface area contributed by atoms with Crippen LogP contribution >= 0.6 is 0 Å². The Hall–Kier alpha value is -2.00. The van der Waals surface area contributed by atoms with Gasteiger partial charge < -0.3 is 4.90 Å². The van der Waals surface area contributed by atoms with Crippen molar-refractivity contribution in [2.24, 2.45) is 0 Å². The molecule has 1 aliphatic heterocycles. The van der Waals surface area contributed by atoms with E-state index in [1.807, 2.05) is 4.90 Å². The predicted molar refractivity (Wildman–Crippen MR) is 77.8 cm³/mol. The molecule has 1 saturated heterocycles. The van der Waals surface area contributed by atoms with Crippen molar-refractivity contribution in [2.45, 2.75) is 0 Å². The second-order valence-corrected chi connectivity index (χ2v) is 6.29. The summed E-state index contributed by atoms with van der Waals surface area (Å²) < 4.78 is 49.1. The standard InChI is InChI=1S/C13H14F2N4O2S/c14-11-4-2-1-3-10(11)12-9-13(17-16-12)18-5-7-19(8-6-18)22(15,20)21/h1-4,9H,5-8H2,(H,16,17). The molecule has 6 nitrogen and oxygen atoms in total. The zero-order chi connectivity index (χ0) is 15.7. The van der Waals surface area contributed by atoms with E-state index in [1.54, 1.807) is 24.3 Å². The van der Waals surface area contributed by atoms with Crippen LogP contribution < -0.4 is 4.90 Å². The normalized spacial score (nSPS) is 16.9. The van der Waals surface area contributed by atoms with E-state index in [-0.39, 0.29) is 18.9 Å². The molecule has 0 radical (unpaired) electrons. The van der Waals surface area contributed by atoms with E-state index in [2.05, 4.69) is 10.2 Å². The molecule has 3 rings (SSSR count). The third-order valence-electron chi connectivity index (χ3n) is 3.60. The van der Waals surface area contributed by atoms with Crippen LogP contribution in [0.3, 0.4) is 0 Å². The number of aromatic amines is 1. The van der Waals surface area contributed by atoms with Crippen LogP contribution in [0.15, 0.2) is 30.3 Å². The number of H-pyrrole nitrogens is 1. The van der Waals surface area contributed by atoms with Gasteiger partial charge >= 0.3 is 10.4 Å². The molecule has 0 amide bonds. The Kier molecular flexibility index (Phi) is 3.83. The number of nitrogens with zero attached hydrogens (tertiary/aromatic N) is 3. The molecule has 1 N–H and O–H groups in total. The minimum absolute atomic E-state index is 0.0563. The van der Waals surface area contributed by atoms with Crippen LogP contribution in [0.5, 0.6) is 0 Å². The molecule has 118 valence electrons. The van der Waals surface area contributed by atoms with Crippen molar-refractivity contribution in [3.8, 4) is 11.3 Å². The van der Waals surface area contributed by atoms with Crippen molar-refractivity contribution in [1.29, 1.82) is 0 Å². The molecule has 2 aromatic rings. The molecule has 1 aromatic heterocycles. The Balaban J connectivity index is 1.75. The van der Waals surface area contributed by atoms with E-state index in [0.29, 0.717) is 30.2 Å². The van der Waals surface area contributed by atoms with E-state index in [0.717, 1.165) is 4.31 Å². The lowest BCUT2D eigenvalue weighted by Crippen LogP contribution is -2.47. The van der Waals surface area contributed by atoms with Gasteiger partial charge in [0, 0.05) is 37.8 Å². The van der Waals surface area contributed by atoms with Crippen LogP contribution in [-0.2, 0) is 10.4 Å². The van der Waals surface area contributed by atoms with Gasteiger partial charge in [-0.2, -0.15) is 17.8 Å². The summed E-state index contributed by atoms with van der Waals surface area (Å²) in [6.07, 6.45) is 0. The van der Waals surface area contributed by atoms with Crippen LogP contribution in [0, 0.1) is 5.82 Å². The van der Waals surface area contributed by atoms with Gasteiger partial charge in [-0.15, -0.1) is 0 Å². The number of anilines is 1. The number of piperazine rings is 1. The smallest absolute Gasteiger partial charge is 0.352 e. The van der Waals surface area contributed by atoms with Crippen molar-refractivity contribution in [3.63, 3.8) is 0 Å². The largest absolute Gasteiger partial charge is 0.374 e. The summed E-state index contributed by atoms with van der Waals surface area (Å²) in [5.74, 6) is 0.222. The third-order valence-corrected chi connectivity index (χ3v) is 4.58. The van der Waals surface area contributed by atoms with Crippen LogP contribution in [0.25, 0.3) is 11.3 Å². The van der Waals surface area contributed by atoms with Gasteiger partial charge in [0.05, 0.1) is 5.69 Å². The number of halogens is 2. The Bertz CT molecular complexity index is 770. The SMILES string of the molecule is O=S(=O)(F)N1CCN(c2cc(-c3ccccc3F)[nH]n2)CC1. The maximum Gasteiger partial charge on any atom is 0.374 e. The lowest BCUT2D eigenvalue weighted by molar-refractivity contribution is 0.362. The van der Waals surface area contributed by atoms with Gasteiger partial charge in [-0.25, -0.2) is 4.39 Å². The Morgan fingerprint density at radius 3 is 2.45 bits per heavy atom. The summed E-state index contributed by atoms with van der Waals surface area (Å²) in [6.45, 7) is 0.761. The highest BCUT2D eigenvalue weighted by Crippen LogP contribution is 2.25. The molecule has 0 unspecified atom stereocenters. The van der Waals surface area contributed by atoms with Crippen molar-refractivity contribution in [2.75, 3.05) is 31.1 Å². The zero-order valence-corrected chi connectivity index (χ0v) is 12.4. The number of nitrogens with one attached hydrogen (secondary N) is 1. The average Bonchev–Trinajstić information content (AvgIpc) is 2.96. The summed E-state index contributed by atoms with van der Waals surface area (Å²) in [6, 6.07) is 8.02. The fourth-order valence-corrected chi connectivity index (χ4v) is 3.03. The van der Waals surface area contributed by atoms with Gasteiger partial charge in [0.15, 0.2) is 5.82 Å². The highest BCUT2D eigenvalue weighted by molar-refractivity contribution is 7.83. The van der Waals surface area contributed by atoms with Gasteiger partial charge in [0.2, 0.25) is 0 Å². The maximum atomic E-state index is 13.7. The second kappa shape index (κ2) is 5.65. The van der Waals surface area contributed by atoms with Crippen LogP contribution in [0.2, 0.25) is 0 Å². The summed E-state index contributed by atoms with van der Waals surface area (Å²) in [7, 11) is -4.65. The molecule has 9 heteroatoms. The summed E-state index contributed by atoms with van der Waals surface area (Å²) in [5.41, 5.74) is 0.944. The Morgan fingerprint density at radius 1 is 1.14 bits per heavy atom. The summed E-state index contributed by atoms with van der Waals surface area (Å²) >= 11 is 0. The minimum atomic E-state index is -4.65. The highest BCUT2D eigenvalue weighted by atomic mass is 32.3. The molecule has 1 aromatic carbocycles. The van der Waals surface area contributed by atoms with Gasteiger partial charge in [0.25, 0.3) is 0 Å². The molecule has 0 bridgehead atoms. The molecule has 0 aliphatic carbocycles. The monoisotopic (exact) mass is 328 g/mol. The maximum absolute atomic E-state index is 13.7. The Morgan fingerprint density at radius 2 is 1.82 bits per heavy atom. The number of benzene rings is 1. The molecule has 1 fully saturated rings. The fourth-order valence-electron chi connectivity index (χ4n) is 2.43. The molecule has 0 atom stereocenters. The van der Waals surface area contributed by atoms with Crippen molar-refractivity contribution in [3.05, 3.63) is 36.1 Å². The van der Waals surface area contributed by atoms with E-state index >= 15 is 0 Å². The minimum Gasteiger partial charge on any atom is -0.352 e. The molecular formula is C13H14F2N4O2S. The lowest BCUT2D eigenvalue weighted by Gasteiger charge is -2.31. The topological polar surface area (TPSA) is 69.3 Å². The highest BCUT2D eigenvalue weighted by Gasteiger charge is 2.27. The summed E-state index contributed by atoms with van der Waals surface area (Å²) in [4.78, 5) is 1.82. The first-order valence-electron chi connectivity index (χ1n) is 6.70. The Labute approximate surface area is 126 Å². The first-order chi connectivity index (χ1) is 10.4. The molecular weight excluding hydrogens is 314 g/mol. The van der Waals surface area contributed by atoms with Gasteiger partial charge in [0.1, 0.15) is 5.82 Å². The van der Waals surface area contributed by atoms with E-state index in [4.69, 9.17) is 0 Å². The number of aromatic nitrogens is 2. The predicted octanol–water partition coefficient (Wildman–Crippen LogP) is 1.55. The van der Waals surface area contributed by atoms with Gasteiger partial charge in [-0.05, 0) is 12.1 Å². The first kappa shape index (κ1) is 14.9. The molecule has 1 aliphatic rings. The number of hydrogen-bond donors (Lipinski definition) is 1. The summed E-state index contributed by atoms with van der Waals surface area (Å²) in [5, 5.41) is 6.88. The number of hydrogen-bond acceptors (Lipinski definition) is 4. The number of rotatable bonds is 3. The van der Waals surface area contributed by atoms with E-state index in [9.17, 15) is 16.7 Å². The van der Waals surface area contributed by atoms with Crippen molar-refractivity contribution < 1.29 is 16.7 Å². The third kappa shape index (κ3) is 2.95. The zero-order valence-electron chi connectivity index (χ0n) is 11.5. The molecule has 22 heavy (non-hydrogen) atoms. The van der Waals surface area contributed by atoms with Crippen molar-refractivity contribution >= 4 is 16.2 Å². The molecule has 0 saturated carbocycles. The second-order valence-electron chi connectivity index (χ2n) is 4.95. The first-order valence-corrected chi connectivity index (χ1v) is 8.04. The lowest BCUT2D eigenvalue weighted by atomic mass is 10.1. The van der Waals surface area contributed by atoms with Crippen LogP contribution in [0.1, 0.15) is 0 Å². The molecule has 0 spiro atoms. The van der Waals surface area contributed by atoms with E-state index < -0.39 is 10.4 Å². The van der Waals surface area contributed by atoms with Gasteiger partial charge in [-0.3, -0.25) is 5.10 Å². The van der Waals surface area contributed by atoms with E-state index in [1.165, 1.54) is 6.07 Å². The van der Waals surface area contributed by atoms with Crippen LogP contribution in [0.4, 0.5) is 14.1 Å².